The summed E-state index contributed by atoms with van der Waals surface area (Å²) in [5, 5.41) is 0. The van der Waals surface area contributed by atoms with Crippen molar-refractivity contribution in [2.45, 2.75) is 37.9 Å². The van der Waals surface area contributed by atoms with Crippen LogP contribution in [0.5, 0.6) is 0 Å². The summed E-state index contributed by atoms with van der Waals surface area (Å²) < 4.78 is 12.0. The first-order chi connectivity index (χ1) is 13.6. The predicted molar refractivity (Wildman–Crippen MR) is 107 cm³/mol. The number of carbonyl (C=O) groups is 1. The van der Waals surface area contributed by atoms with Crippen LogP contribution < -0.4 is 0 Å². The lowest BCUT2D eigenvalue weighted by Gasteiger charge is -2.50. The molecule has 2 aromatic rings. The number of cyclic esters (lactones) is 1. The predicted octanol–water partition coefficient (Wildman–Crippen LogP) is 4.96. The van der Waals surface area contributed by atoms with Gasteiger partial charge in [-0.15, -0.1) is 0 Å². The molecule has 0 N–H and O–H groups in total. The summed E-state index contributed by atoms with van der Waals surface area (Å²) in [5.41, 5.74) is 4.67. The van der Waals surface area contributed by atoms with Crippen LogP contribution in [0.15, 0.2) is 66.4 Å². The molecule has 28 heavy (non-hydrogen) atoms. The van der Waals surface area contributed by atoms with Gasteiger partial charge in [-0.3, -0.25) is 4.90 Å². The van der Waals surface area contributed by atoms with E-state index >= 15 is 0 Å². The van der Waals surface area contributed by atoms with Crippen molar-refractivity contribution >= 4 is 6.09 Å². The molecule has 0 radical (unpaired) electrons. The molecule has 2 fully saturated rings. The highest BCUT2D eigenvalue weighted by Gasteiger charge is 2.48. The van der Waals surface area contributed by atoms with Crippen molar-refractivity contribution in [1.29, 1.82) is 0 Å². The Hall–Kier alpha value is -2.59. The lowest BCUT2D eigenvalue weighted by molar-refractivity contribution is -0.143. The zero-order valence-electron chi connectivity index (χ0n) is 16.1. The fourth-order valence-corrected chi connectivity index (χ4v) is 4.97. The first kappa shape index (κ1) is 17.5. The second-order valence-corrected chi connectivity index (χ2v) is 8.12. The van der Waals surface area contributed by atoms with Crippen molar-refractivity contribution in [3.05, 3.63) is 83.1 Å². The summed E-state index contributed by atoms with van der Waals surface area (Å²) >= 11 is 0. The van der Waals surface area contributed by atoms with Crippen LogP contribution in [-0.4, -0.2) is 24.1 Å². The second kappa shape index (κ2) is 6.78. The summed E-state index contributed by atoms with van der Waals surface area (Å²) in [4.78, 5) is 13.7. The minimum absolute atomic E-state index is 0.165. The Balaban J connectivity index is 1.57. The first-order valence-corrected chi connectivity index (χ1v) is 10.1. The quantitative estimate of drug-likeness (QED) is 0.744. The number of nitrogens with zero attached hydrogens (tertiary/aromatic N) is 1. The first-order valence-electron chi connectivity index (χ1n) is 10.1. The van der Waals surface area contributed by atoms with Crippen molar-refractivity contribution in [3.8, 4) is 0 Å². The number of carbonyl (C=O) groups excluding carboxylic acids is 1. The van der Waals surface area contributed by atoms with Crippen LogP contribution in [0.2, 0.25) is 0 Å². The standard InChI is InChI=1S/C24H25NO3/c1-24-20(12-11-17-7-5-6-10-21(17)24)15-19(16-25-13-14-27-23(25)26)22(28-24)18-8-3-2-4-9-18/h2-10,16,20,22H,11-15H2,1H3/b19-16-/t20-,22+,24+/m1/s1. The number of aryl methyl sites for hydroxylation is 1. The van der Waals surface area contributed by atoms with Gasteiger partial charge in [-0.05, 0) is 54.4 Å². The molecule has 3 aliphatic rings. The number of benzene rings is 2. The van der Waals surface area contributed by atoms with Gasteiger partial charge in [0.1, 0.15) is 12.7 Å². The number of fused-ring (bicyclic) bond motifs is 3. The van der Waals surface area contributed by atoms with Crippen LogP contribution >= 0.6 is 0 Å². The Morgan fingerprint density at radius 1 is 1.11 bits per heavy atom. The second-order valence-electron chi connectivity index (χ2n) is 8.12. The van der Waals surface area contributed by atoms with Gasteiger partial charge >= 0.3 is 6.09 Å². The molecule has 2 aromatic carbocycles. The molecular weight excluding hydrogens is 350 g/mol. The van der Waals surface area contributed by atoms with Crippen molar-refractivity contribution in [3.63, 3.8) is 0 Å². The van der Waals surface area contributed by atoms with E-state index in [1.807, 2.05) is 24.4 Å². The molecule has 144 valence electrons. The third kappa shape index (κ3) is 2.83. The monoisotopic (exact) mass is 375 g/mol. The molecule has 3 atom stereocenters. The van der Waals surface area contributed by atoms with E-state index in [1.165, 1.54) is 11.1 Å². The van der Waals surface area contributed by atoms with Crippen LogP contribution in [0.3, 0.4) is 0 Å². The lowest BCUT2D eigenvalue weighted by Crippen LogP contribution is -2.44. The maximum Gasteiger partial charge on any atom is 0.413 e. The summed E-state index contributed by atoms with van der Waals surface area (Å²) in [6.07, 6.45) is 4.65. The average molecular weight is 375 g/mol. The molecule has 2 saturated heterocycles. The van der Waals surface area contributed by atoms with Gasteiger partial charge in [0.15, 0.2) is 0 Å². The van der Waals surface area contributed by atoms with Gasteiger partial charge in [-0.2, -0.15) is 0 Å². The van der Waals surface area contributed by atoms with Gasteiger partial charge < -0.3 is 9.47 Å². The lowest BCUT2D eigenvalue weighted by atomic mass is 9.67. The van der Waals surface area contributed by atoms with E-state index in [0.29, 0.717) is 19.1 Å². The largest absolute Gasteiger partial charge is 0.447 e. The van der Waals surface area contributed by atoms with Crippen LogP contribution in [0.1, 0.15) is 42.6 Å². The van der Waals surface area contributed by atoms with E-state index in [9.17, 15) is 4.79 Å². The Morgan fingerprint density at radius 2 is 1.89 bits per heavy atom. The van der Waals surface area contributed by atoms with Crippen LogP contribution in [-0.2, 0) is 21.5 Å². The van der Waals surface area contributed by atoms with E-state index in [-0.39, 0.29) is 17.8 Å². The van der Waals surface area contributed by atoms with Gasteiger partial charge in [-0.1, -0.05) is 54.6 Å². The summed E-state index contributed by atoms with van der Waals surface area (Å²) in [5.74, 6) is 0.396. The molecule has 2 heterocycles. The molecule has 0 saturated carbocycles. The van der Waals surface area contributed by atoms with Gasteiger partial charge in [0.25, 0.3) is 0 Å². The number of ether oxygens (including phenoxy) is 2. The smallest absolute Gasteiger partial charge is 0.413 e. The van der Waals surface area contributed by atoms with Gasteiger partial charge in [0.2, 0.25) is 0 Å². The SMILES string of the molecule is C[C@]12O[C@@H](c3ccccc3)/C(=C\N3CCOC3=O)C[C@H]1CCc1ccccc12. The summed E-state index contributed by atoms with van der Waals surface area (Å²) in [6, 6.07) is 19.0. The highest BCUT2D eigenvalue weighted by atomic mass is 16.6. The van der Waals surface area contributed by atoms with Crippen molar-refractivity contribution in [2.24, 2.45) is 5.92 Å². The van der Waals surface area contributed by atoms with Gasteiger partial charge in [0, 0.05) is 6.20 Å². The molecular formula is C24H25NO3. The van der Waals surface area contributed by atoms with Crippen LogP contribution in [0.25, 0.3) is 0 Å². The zero-order valence-corrected chi connectivity index (χ0v) is 16.1. The number of hydrogen-bond acceptors (Lipinski definition) is 3. The maximum atomic E-state index is 12.0. The molecule has 0 aromatic heterocycles. The molecule has 1 aliphatic carbocycles. The Kier molecular flexibility index (Phi) is 4.24. The molecule has 0 spiro atoms. The van der Waals surface area contributed by atoms with E-state index in [4.69, 9.17) is 9.47 Å². The third-order valence-electron chi connectivity index (χ3n) is 6.49. The normalized spacial score (nSPS) is 30.7. The molecule has 1 amide bonds. The van der Waals surface area contributed by atoms with Gasteiger partial charge in [-0.25, -0.2) is 4.79 Å². The minimum Gasteiger partial charge on any atom is -0.447 e. The average Bonchev–Trinajstić information content (AvgIpc) is 3.13. The van der Waals surface area contributed by atoms with Crippen molar-refractivity contribution in [1.82, 2.24) is 4.90 Å². The minimum atomic E-state index is -0.321. The molecule has 4 heteroatoms. The zero-order chi connectivity index (χ0) is 19.1. The fourth-order valence-electron chi connectivity index (χ4n) is 4.97. The van der Waals surface area contributed by atoms with Crippen molar-refractivity contribution in [2.75, 3.05) is 13.2 Å². The maximum absolute atomic E-state index is 12.0. The highest BCUT2D eigenvalue weighted by Crippen LogP contribution is 2.53. The summed E-state index contributed by atoms with van der Waals surface area (Å²) in [7, 11) is 0. The molecule has 0 unspecified atom stereocenters. The van der Waals surface area contributed by atoms with Crippen molar-refractivity contribution < 1.29 is 14.3 Å². The molecule has 0 bridgehead atoms. The third-order valence-corrected chi connectivity index (χ3v) is 6.49. The number of hydrogen-bond donors (Lipinski definition) is 0. The highest BCUT2D eigenvalue weighted by molar-refractivity contribution is 5.70. The molecule has 5 rings (SSSR count). The number of rotatable bonds is 2. The Bertz CT molecular complexity index is 922. The van der Waals surface area contributed by atoms with Crippen LogP contribution in [0.4, 0.5) is 4.79 Å². The van der Waals surface area contributed by atoms with Gasteiger partial charge in [0.05, 0.1) is 12.1 Å². The Morgan fingerprint density at radius 3 is 2.68 bits per heavy atom. The Labute approximate surface area is 165 Å². The van der Waals surface area contributed by atoms with E-state index < -0.39 is 0 Å². The molecule has 2 aliphatic heterocycles. The summed E-state index contributed by atoms with van der Waals surface area (Å²) in [6.45, 7) is 3.30. The van der Waals surface area contributed by atoms with Crippen LogP contribution in [0, 0.1) is 5.92 Å². The number of amides is 1. The van der Waals surface area contributed by atoms with E-state index in [2.05, 4.69) is 43.3 Å². The fraction of sp³-hybridized carbons (Fsp3) is 0.375. The van der Waals surface area contributed by atoms with E-state index in [1.54, 1.807) is 4.90 Å². The molecule has 4 nitrogen and oxygen atoms in total. The topological polar surface area (TPSA) is 38.8 Å². The van der Waals surface area contributed by atoms with E-state index in [0.717, 1.165) is 30.4 Å².